The fraction of sp³-hybridized carbons (Fsp3) is 0.176. The SMILES string of the molecule is COc1ncccc1CNC(=O)c1ccc2sc(C(F)(F)P(=O)(O)O)c(Br)c2c1. The molecule has 3 N–H and O–H groups in total. The van der Waals surface area contributed by atoms with Crippen LogP contribution in [0, 0.1) is 0 Å². The van der Waals surface area contributed by atoms with Gasteiger partial charge in [0.05, 0.1) is 7.11 Å². The third-order valence-electron chi connectivity index (χ3n) is 4.01. The van der Waals surface area contributed by atoms with E-state index >= 15 is 0 Å². The number of rotatable bonds is 6. The molecule has 12 heteroatoms. The van der Waals surface area contributed by atoms with E-state index in [0.717, 1.165) is 0 Å². The molecule has 1 aromatic carbocycles. The van der Waals surface area contributed by atoms with Crippen molar-refractivity contribution in [1.29, 1.82) is 0 Å². The second-order valence-electron chi connectivity index (χ2n) is 5.90. The van der Waals surface area contributed by atoms with Gasteiger partial charge in [-0.3, -0.25) is 9.36 Å². The van der Waals surface area contributed by atoms with Crippen molar-refractivity contribution in [2.45, 2.75) is 12.2 Å². The van der Waals surface area contributed by atoms with E-state index in [1.165, 1.54) is 25.3 Å². The van der Waals surface area contributed by atoms with Gasteiger partial charge in [-0.25, -0.2) is 4.98 Å². The van der Waals surface area contributed by atoms with Crippen molar-refractivity contribution in [2.24, 2.45) is 0 Å². The summed E-state index contributed by atoms with van der Waals surface area (Å²) in [5, 5.41) is 2.95. The highest BCUT2D eigenvalue weighted by molar-refractivity contribution is 9.10. The third kappa shape index (κ3) is 4.19. The monoisotopic (exact) mass is 506 g/mol. The molecule has 3 aromatic rings. The van der Waals surface area contributed by atoms with Crippen LogP contribution in [0.5, 0.6) is 5.88 Å². The number of fused-ring (bicyclic) bond motifs is 1. The molecular formula is C17H14BrF2N2O5PS. The minimum atomic E-state index is -5.71. The first-order valence-electron chi connectivity index (χ1n) is 7.98. The maximum atomic E-state index is 14.1. The van der Waals surface area contributed by atoms with Crippen molar-refractivity contribution in [1.82, 2.24) is 10.3 Å². The number of carbonyl (C=O) groups is 1. The van der Waals surface area contributed by atoms with Crippen LogP contribution in [0.2, 0.25) is 0 Å². The van der Waals surface area contributed by atoms with Gasteiger partial charge in [0.2, 0.25) is 5.88 Å². The smallest absolute Gasteiger partial charge is 0.400 e. The number of thiophene rings is 1. The zero-order valence-corrected chi connectivity index (χ0v) is 18.0. The standard InChI is InChI=1S/C17H14BrF2N2O5PS/c1-27-16-10(3-2-6-21-16)8-22-15(23)9-4-5-12-11(7-9)13(18)14(29-12)17(19,20)28(24,25)26/h2-7H,8H2,1H3,(H,22,23)(H2,24,25,26). The fourth-order valence-electron chi connectivity index (χ4n) is 2.55. The van der Waals surface area contributed by atoms with Crippen LogP contribution in [0.1, 0.15) is 20.8 Å². The normalized spacial score (nSPS) is 12.2. The number of hydrogen-bond acceptors (Lipinski definition) is 5. The Balaban J connectivity index is 1.89. The van der Waals surface area contributed by atoms with E-state index < -0.39 is 24.0 Å². The summed E-state index contributed by atoms with van der Waals surface area (Å²) >= 11 is 3.54. The minimum Gasteiger partial charge on any atom is -0.481 e. The molecule has 0 radical (unpaired) electrons. The number of halogens is 3. The second kappa shape index (κ2) is 8.08. The Labute approximate surface area is 176 Å². The summed E-state index contributed by atoms with van der Waals surface area (Å²) in [4.78, 5) is 33.7. The van der Waals surface area contributed by atoms with Crippen molar-refractivity contribution < 1.29 is 32.7 Å². The molecule has 7 nitrogen and oxygen atoms in total. The Kier molecular flexibility index (Phi) is 6.07. The van der Waals surface area contributed by atoms with E-state index in [0.29, 0.717) is 27.5 Å². The summed E-state index contributed by atoms with van der Waals surface area (Å²) in [5.74, 6) is -0.0904. The summed E-state index contributed by atoms with van der Waals surface area (Å²) in [6.07, 6.45) is 1.55. The third-order valence-corrected chi connectivity index (χ3v) is 7.44. The predicted molar refractivity (Wildman–Crippen MR) is 107 cm³/mol. The van der Waals surface area contributed by atoms with Crippen LogP contribution in [0.15, 0.2) is 41.0 Å². The lowest BCUT2D eigenvalue weighted by Crippen LogP contribution is -2.23. The lowest BCUT2D eigenvalue weighted by atomic mass is 10.1. The zero-order chi connectivity index (χ0) is 21.4. The molecule has 0 atom stereocenters. The maximum Gasteiger partial charge on any atom is 0.400 e. The van der Waals surface area contributed by atoms with Gasteiger partial charge in [0.25, 0.3) is 5.91 Å². The topological polar surface area (TPSA) is 109 Å². The quantitative estimate of drug-likeness (QED) is 0.432. The number of nitrogens with one attached hydrogen (secondary N) is 1. The number of alkyl halides is 2. The van der Waals surface area contributed by atoms with Crippen molar-refractivity contribution in [3.05, 3.63) is 57.0 Å². The Morgan fingerprint density at radius 1 is 1.38 bits per heavy atom. The average Bonchev–Trinajstić information content (AvgIpc) is 3.02. The van der Waals surface area contributed by atoms with E-state index in [-0.39, 0.29) is 22.0 Å². The second-order valence-corrected chi connectivity index (χ2v) is 9.39. The zero-order valence-electron chi connectivity index (χ0n) is 14.7. The largest absolute Gasteiger partial charge is 0.481 e. The van der Waals surface area contributed by atoms with Crippen LogP contribution in [0.3, 0.4) is 0 Å². The van der Waals surface area contributed by atoms with E-state index in [4.69, 9.17) is 14.5 Å². The summed E-state index contributed by atoms with van der Waals surface area (Å²) in [7, 11) is -4.25. The molecule has 0 saturated heterocycles. The number of benzene rings is 1. The van der Waals surface area contributed by atoms with Crippen LogP contribution < -0.4 is 10.1 Å². The molecule has 2 heterocycles. The minimum absolute atomic E-state index is 0.139. The molecule has 0 fully saturated rings. The van der Waals surface area contributed by atoms with Gasteiger partial charge in [0.15, 0.2) is 0 Å². The Hall–Kier alpha value is -1.91. The molecule has 0 aliphatic carbocycles. The van der Waals surface area contributed by atoms with Crippen LogP contribution in [0.25, 0.3) is 10.1 Å². The number of carbonyl (C=O) groups excluding carboxylic acids is 1. The van der Waals surface area contributed by atoms with Crippen molar-refractivity contribution >= 4 is 50.9 Å². The van der Waals surface area contributed by atoms with Crippen LogP contribution >= 0.6 is 34.9 Å². The molecule has 154 valence electrons. The van der Waals surface area contributed by atoms with Gasteiger partial charge in [-0.15, -0.1) is 11.3 Å². The van der Waals surface area contributed by atoms with Crippen LogP contribution in [-0.4, -0.2) is 27.8 Å². The van der Waals surface area contributed by atoms with Crippen molar-refractivity contribution in [2.75, 3.05) is 7.11 Å². The molecule has 1 amide bonds. The molecule has 0 saturated carbocycles. The van der Waals surface area contributed by atoms with E-state index in [2.05, 4.69) is 26.2 Å². The van der Waals surface area contributed by atoms with E-state index in [1.54, 1.807) is 18.3 Å². The highest BCUT2D eigenvalue weighted by Gasteiger charge is 2.53. The molecule has 2 aromatic heterocycles. The summed E-state index contributed by atoms with van der Waals surface area (Å²) in [6, 6.07) is 7.71. The average molecular weight is 507 g/mol. The van der Waals surface area contributed by atoms with Crippen molar-refractivity contribution in [3.8, 4) is 5.88 Å². The van der Waals surface area contributed by atoms with Gasteiger partial charge in [0.1, 0.15) is 4.88 Å². The van der Waals surface area contributed by atoms with Gasteiger partial charge in [-0.1, -0.05) is 6.07 Å². The van der Waals surface area contributed by atoms with E-state index in [9.17, 15) is 18.1 Å². The number of amides is 1. The first kappa shape index (κ1) is 21.8. The van der Waals surface area contributed by atoms with Gasteiger partial charge < -0.3 is 19.8 Å². The van der Waals surface area contributed by atoms with Gasteiger partial charge >= 0.3 is 13.3 Å². The fourth-order valence-corrected chi connectivity index (χ4v) is 5.48. The predicted octanol–water partition coefficient (Wildman–Crippen LogP) is 4.22. The number of hydrogen-bond donors (Lipinski definition) is 3. The summed E-state index contributed by atoms with van der Waals surface area (Å²) in [5.41, 5.74) is -3.48. The lowest BCUT2D eigenvalue weighted by Gasteiger charge is -2.16. The summed E-state index contributed by atoms with van der Waals surface area (Å²) in [6.45, 7) is 0.139. The lowest BCUT2D eigenvalue weighted by molar-refractivity contribution is 0.0595. The number of aromatic nitrogens is 1. The first-order chi connectivity index (χ1) is 13.6. The molecule has 0 aliphatic heterocycles. The van der Waals surface area contributed by atoms with Crippen LogP contribution in [-0.2, 0) is 16.8 Å². The Morgan fingerprint density at radius 3 is 2.76 bits per heavy atom. The Bertz CT molecular complexity index is 1130. The van der Waals surface area contributed by atoms with Crippen LogP contribution in [0.4, 0.5) is 8.78 Å². The van der Waals surface area contributed by atoms with Gasteiger partial charge in [0, 0.05) is 38.4 Å². The molecule has 0 aliphatic rings. The Morgan fingerprint density at radius 2 is 2.10 bits per heavy atom. The van der Waals surface area contributed by atoms with Gasteiger partial charge in [-0.2, -0.15) is 8.78 Å². The maximum absolute atomic E-state index is 14.1. The molecular weight excluding hydrogens is 493 g/mol. The van der Waals surface area contributed by atoms with E-state index in [1.807, 2.05) is 0 Å². The molecule has 0 unspecified atom stereocenters. The molecule has 0 spiro atoms. The highest BCUT2D eigenvalue weighted by atomic mass is 79.9. The number of methoxy groups -OCH3 is 1. The molecule has 29 heavy (non-hydrogen) atoms. The number of nitrogens with zero attached hydrogens (tertiary/aromatic N) is 1. The number of pyridine rings is 1. The number of ether oxygens (including phenoxy) is 1. The van der Waals surface area contributed by atoms with Gasteiger partial charge in [-0.05, 0) is 40.2 Å². The van der Waals surface area contributed by atoms with Crippen molar-refractivity contribution in [3.63, 3.8) is 0 Å². The highest BCUT2D eigenvalue weighted by Crippen LogP contribution is 2.62. The summed E-state index contributed by atoms with van der Waals surface area (Å²) < 4.78 is 44.7. The molecule has 3 rings (SSSR count). The molecule has 0 bridgehead atoms. The first-order valence-corrected chi connectivity index (χ1v) is 11.2.